The van der Waals surface area contributed by atoms with Crippen molar-refractivity contribution in [3.8, 4) is 0 Å². The summed E-state index contributed by atoms with van der Waals surface area (Å²) in [6.07, 6.45) is 1.83. The Morgan fingerprint density at radius 1 is 1.41 bits per heavy atom. The van der Waals surface area contributed by atoms with Crippen LogP contribution in [0.5, 0.6) is 0 Å². The van der Waals surface area contributed by atoms with Crippen molar-refractivity contribution in [3.63, 3.8) is 0 Å². The number of aryl methyl sites for hydroxylation is 1. The highest BCUT2D eigenvalue weighted by Crippen LogP contribution is 2.22. The summed E-state index contributed by atoms with van der Waals surface area (Å²) in [5.74, 6) is 1.03. The van der Waals surface area contributed by atoms with Crippen LogP contribution in [0.3, 0.4) is 0 Å². The van der Waals surface area contributed by atoms with Gasteiger partial charge in [0.15, 0.2) is 0 Å². The van der Waals surface area contributed by atoms with Gasteiger partial charge in [-0.15, -0.1) is 11.3 Å². The smallest absolute Gasteiger partial charge is 0.132 e. The summed E-state index contributed by atoms with van der Waals surface area (Å²) in [5.41, 5.74) is 4.21. The van der Waals surface area contributed by atoms with E-state index in [1.165, 1.54) is 10.4 Å². The molecule has 0 aliphatic rings. The summed E-state index contributed by atoms with van der Waals surface area (Å²) in [6, 6.07) is 4.05. The van der Waals surface area contributed by atoms with E-state index in [4.69, 9.17) is 0 Å². The van der Waals surface area contributed by atoms with Crippen molar-refractivity contribution >= 4 is 33.1 Å². The van der Waals surface area contributed by atoms with E-state index in [1.54, 1.807) is 11.3 Å². The summed E-state index contributed by atoms with van der Waals surface area (Å²) in [7, 11) is 2.06. The van der Waals surface area contributed by atoms with Crippen LogP contribution in [0.1, 0.15) is 16.1 Å². The molecule has 0 amide bonds. The largest absolute Gasteiger partial charge is 0.354 e. The van der Waals surface area contributed by atoms with E-state index in [0.717, 1.165) is 23.4 Å². The van der Waals surface area contributed by atoms with E-state index in [1.807, 2.05) is 24.7 Å². The van der Waals surface area contributed by atoms with Crippen LogP contribution in [0.15, 0.2) is 23.8 Å². The lowest BCUT2D eigenvalue weighted by Gasteiger charge is -2.19. The van der Waals surface area contributed by atoms with Crippen molar-refractivity contribution in [3.05, 3.63) is 40.0 Å². The highest BCUT2D eigenvalue weighted by atomic mass is 79.9. The molecule has 0 aliphatic heterocycles. The average Bonchev–Trinajstić information content (AvgIpc) is 2.75. The number of rotatable bonds is 4. The number of hydrogen-bond acceptors (Lipinski definition) is 4. The second kappa shape index (κ2) is 5.60. The van der Waals surface area contributed by atoms with E-state index in [0.29, 0.717) is 0 Å². The standard InChI is InChI=1S/C12H14BrN3S/c1-9-11(17-8-15-9)7-16(2)12-10(6-13)4-3-5-14-12/h3-5,8H,6-7H2,1-2H3. The third-order valence-corrected chi connectivity index (χ3v) is 4.12. The molecule has 17 heavy (non-hydrogen) atoms. The zero-order valence-electron chi connectivity index (χ0n) is 9.85. The summed E-state index contributed by atoms with van der Waals surface area (Å²) in [6.45, 7) is 2.90. The van der Waals surface area contributed by atoms with Crippen molar-refractivity contribution in [2.24, 2.45) is 0 Å². The Hall–Kier alpha value is -0.940. The molecule has 0 fully saturated rings. The molecule has 5 heteroatoms. The van der Waals surface area contributed by atoms with Gasteiger partial charge in [-0.05, 0) is 13.0 Å². The third-order valence-electron chi connectivity index (χ3n) is 2.60. The van der Waals surface area contributed by atoms with E-state index < -0.39 is 0 Å². The number of halogens is 1. The van der Waals surface area contributed by atoms with Gasteiger partial charge in [0.25, 0.3) is 0 Å². The maximum atomic E-state index is 4.44. The first kappa shape index (κ1) is 12.5. The van der Waals surface area contributed by atoms with Gasteiger partial charge in [-0.1, -0.05) is 22.0 Å². The van der Waals surface area contributed by atoms with Gasteiger partial charge in [0, 0.05) is 29.0 Å². The Morgan fingerprint density at radius 2 is 2.24 bits per heavy atom. The number of hydrogen-bond donors (Lipinski definition) is 0. The van der Waals surface area contributed by atoms with Crippen LogP contribution in [0.4, 0.5) is 5.82 Å². The second-order valence-corrected chi connectivity index (χ2v) is 5.34. The highest BCUT2D eigenvalue weighted by Gasteiger charge is 2.10. The predicted octanol–water partition coefficient (Wildman–Crippen LogP) is 3.38. The molecule has 0 atom stereocenters. The highest BCUT2D eigenvalue weighted by molar-refractivity contribution is 9.08. The maximum Gasteiger partial charge on any atom is 0.132 e. The number of aromatic nitrogens is 2. The average molecular weight is 312 g/mol. The number of thiazole rings is 1. The van der Waals surface area contributed by atoms with Crippen molar-refractivity contribution in [2.45, 2.75) is 18.8 Å². The van der Waals surface area contributed by atoms with E-state index >= 15 is 0 Å². The SMILES string of the molecule is Cc1ncsc1CN(C)c1ncccc1CBr. The molecule has 2 aromatic rings. The molecule has 2 rings (SSSR count). The van der Waals surface area contributed by atoms with Gasteiger partial charge < -0.3 is 4.90 Å². The molecule has 0 spiro atoms. The van der Waals surface area contributed by atoms with Crippen LogP contribution < -0.4 is 4.90 Å². The van der Waals surface area contributed by atoms with Crippen LogP contribution in [-0.4, -0.2) is 17.0 Å². The van der Waals surface area contributed by atoms with Crippen molar-refractivity contribution in [1.29, 1.82) is 0 Å². The fraction of sp³-hybridized carbons (Fsp3) is 0.333. The number of pyridine rings is 1. The Bertz CT molecular complexity index is 498. The number of nitrogens with zero attached hydrogens (tertiary/aromatic N) is 3. The lowest BCUT2D eigenvalue weighted by atomic mass is 10.2. The van der Waals surface area contributed by atoms with E-state index in [2.05, 4.69) is 43.9 Å². The van der Waals surface area contributed by atoms with Gasteiger partial charge in [0.2, 0.25) is 0 Å². The first-order valence-corrected chi connectivity index (χ1v) is 7.32. The van der Waals surface area contributed by atoms with Gasteiger partial charge in [-0.25, -0.2) is 9.97 Å². The Kier molecular flexibility index (Phi) is 4.12. The molecule has 0 unspecified atom stereocenters. The van der Waals surface area contributed by atoms with Gasteiger partial charge in [0.1, 0.15) is 5.82 Å². The molecular weight excluding hydrogens is 298 g/mol. The van der Waals surface area contributed by atoms with Crippen LogP contribution in [-0.2, 0) is 11.9 Å². The Morgan fingerprint density at radius 3 is 2.88 bits per heavy atom. The topological polar surface area (TPSA) is 29.0 Å². The first-order chi connectivity index (χ1) is 8.22. The lowest BCUT2D eigenvalue weighted by molar-refractivity contribution is 0.893. The lowest BCUT2D eigenvalue weighted by Crippen LogP contribution is -2.18. The van der Waals surface area contributed by atoms with Gasteiger partial charge in [-0.3, -0.25) is 0 Å². The molecule has 0 radical (unpaired) electrons. The maximum absolute atomic E-state index is 4.44. The Balaban J connectivity index is 2.20. The number of anilines is 1. The fourth-order valence-electron chi connectivity index (χ4n) is 1.65. The zero-order chi connectivity index (χ0) is 12.3. The van der Waals surface area contributed by atoms with Crippen LogP contribution in [0.2, 0.25) is 0 Å². The van der Waals surface area contributed by atoms with Crippen molar-refractivity contribution in [2.75, 3.05) is 11.9 Å². The molecule has 0 aliphatic carbocycles. The molecule has 0 N–H and O–H groups in total. The summed E-state index contributed by atoms with van der Waals surface area (Å²) >= 11 is 5.19. The molecular formula is C12H14BrN3S. The molecule has 0 saturated heterocycles. The van der Waals surface area contributed by atoms with E-state index in [-0.39, 0.29) is 0 Å². The molecule has 2 heterocycles. The van der Waals surface area contributed by atoms with Gasteiger partial charge in [-0.2, -0.15) is 0 Å². The molecule has 90 valence electrons. The molecule has 3 nitrogen and oxygen atoms in total. The summed E-state index contributed by atoms with van der Waals surface area (Å²) in [4.78, 5) is 12.2. The normalized spacial score (nSPS) is 10.5. The molecule has 0 bridgehead atoms. The molecule has 2 aromatic heterocycles. The van der Waals surface area contributed by atoms with Crippen molar-refractivity contribution in [1.82, 2.24) is 9.97 Å². The van der Waals surface area contributed by atoms with Gasteiger partial charge >= 0.3 is 0 Å². The zero-order valence-corrected chi connectivity index (χ0v) is 12.3. The predicted molar refractivity (Wildman–Crippen MR) is 75.8 cm³/mol. The summed E-state index contributed by atoms with van der Waals surface area (Å²) in [5, 5.41) is 0.822. The molecule has 0 aromatic carbocycles. The quantitative estimate of drug-likeness (QED) is 0.811. The Labute approximate surface area is 114 Å². The van der Waals surface area contributed by atoms with Crippen LogP contribution >= 0.6 is 27.3 Å². The third kappa shape index (κ3) is 2.84. The van der Waals surface area contributed by atoms with Gasteiger partial charge in [0.05, 0.1) is 17.7 Å². The van der Waals surface area contributed by atoms with Crippen molar-refractivity contribution < 1.29 is 0 Å². The van der Waals surface area contributed by atoms with E-state index in [9.17, 15) is 0 Å². The number of alkyl halides is 1. The minimum absolute atomic E-state index is 0.822. The van der Waals surface area contributed by atoms with Crippen LogP contribution in [0, 0.1) is 6.92 Å². The second-order valence-electron chi connectivity index (χ2n) is 3.84. The van der Waals surface area contributed by atoms with Crippen LogP contribution in [0.25, 0.3) is 0 Å². The summed E-state index contributed by atoms with van der Waals surface area (Å²) < 4.78 is 0. The minimum atomic E-state index is 0.822. The minimum Gasteiger partial charge on any atom is -0.354 e. The monoisotopic (exact) mass is 311 g/mol. The first-order valence-electron chi connectivity index (χ1n) is 5.32. The fourth-order valence-corrected chi connectivity index (χ4v) is 2.91. The molecule has 0 saturated carbocycles.